The van der Waals surface area contributed by atoms with Crippen LogP contribution in [0.4, 0.5) is 5.69 Å². The van der Waals surface area contributed by atoms with E-state index in [0.717, 1.165) is 4.31 Å². The van der Waals surface area contributed by atoms with Crippen LogP contribution in [0.5, 0.6) is 0 Å². The fourth-order valence-electron chi connectivity index (χ4n) is 1.47. The smallest absolute Gasteiger partial charge is 0.242 e. The summed E-state index contributed by atoms with van der Waals surface area (Å²) in [5.74, 6) is -0.330. The van der Waals surface area contributed by atoms with E-state index in [4.69, 9.17) is 5.73 Å². The van der Waals surface area contributed by atoms with Gasteiger partial charge in [0.2, 0.25) is 15.9 Å². The molecule has 1 rings (SSSR count). The molecule has 1 atom stereocenters. The summed E-state index contributed by atoms with van der Waals surface area (Å²) >= 11 is 0. The van der Waals surface area contributed by atoms with Crippen molar-refractivity contribution in [3.8, 4) is 0 Å². The Balaban J connectivity index is 0.00000400. The number of rotatable bonds is 5. The number of amides is 1. The van der Waals surface area contributed by atoms with E-state index in [0.29, 0.717) is 5.69 Å². The Labute approximate surface area is 132 Å². The van der Waals surface area contributed by atoms with Crippen molar-refractivity contribution in [1.82, 2.24) is 4.31 Å². The molecule has 6 nitrogen and oxygen atoms in total. The average Bonchev–Trinajstić information content (AvgIpc) is 2.37. The molecular formula is C13H22ClN3O3S. The number of carbonyl (C=O) groups is 1. The Hall–Kier alpha value is -1.15. The first-order valence-corrected chi connectivity index (χ1v) is 7.69. The number of hydrogen-bond donors (Lipinski definition) is 2. The minimum Gasteiger partial charge on any atom is -0.325 e. The zero-order valence-corrected chi connectivity index (χ0v) is 14.2. The number of nitrogens with two attached hydrogens (primary N) is 1. The minimum absolute atomic E-state index is 0. The molecule has 1 amide bonds. The number of hydrogen-bond acceptors (Lipinski definition) is 4. The quantitative estimate of drug-likeness (QED) is 0.847. The molecule has 0 spiro atoms. The van der Waals surface area contributed by atoms with Crippen LogP contribution in [-0.4, -0.2) is 38.8 Å². The molecule has 0 aliphatic heterocycles. The predicted molar refractivity (Wildman–Crippen MR) is 86.0 cm³/mol. The fraction of sp³-hybridized carbons (Fsp3) is 0.462. The first-order chi connectivity index (χ1) is 9.16. The summed E-state index contributed by atoms with van der Waals surface area (Å²) in [6, 6.07) is 5.46. The van der Waals surface area contributed by atoms with Gasteiger partial charge < -0.3 is 11.1 Å². The zero-order valence-electron chi connectivity index (χ0n) is 12.5. The Morgan fingerprint density at radius 2 is 1.86 bits per heavy atom. The van der Waals surface area contributed by atoms with Gasteiger partial charge in [0, 0.05) is 19.8 Å². The van der Waals surface area contributed by atoms with Crippen LogP contribution >= 0.6 is 12.4 Å². The van der Waals surface area contributed by atoms with Crippen molar-refractivity contribution in [2.45, 2.75) is 24.8 Å². The van der Waals surface area contributed by atoms with Gasteiger partial charge in [0.1, 0.15) is 0 Å². The van der Waals surface area contributed by atoms with Gasteiger partial charge in [-0.1, -0.05) is 19.9 Å². The molecule has 1 unspecified atom stereocenters. The predicted octanol–water partition coefficient (Wildman–Crippen LogP) is 1.28. The Kier molecular flexibility index (Phi) is 7.32. The van der Waals surface area contributed by atoms with Crippen LogP contribution in [0.25, 0.3) is 0 Å². The molecule has 0 saturated carbocycles. The third-order valence-electron chi connectivity index (χ3n) is 2.90. The lowest BCUT2D eigenvalue weighted by Crippen LogP contribution is -2.39. The molecule has 3 N–H and O–H groups in total. The normalized spacial score (nSPS) is 12.9. The summed E-state index contributed by atoms with van der Waals surface area (Å²) in [6.45, 7) is 3.69. The molecule has 8 heteroatoms. The third kappa shape index (κ3) is 4.96. The van der Waals surface area contributed by atoms with Crippen molar-refractivity contribution in [2.24, 2.45) is 11.7 Å². The van der Waals surface area contributed by atoms with Crippen LogP contribution in [0.15, 0.2) is 29.2 Å². The standard InChI is InChI=1S/C13H21N3O3S.ClH/c1-9(2)12(14)13(17)15-10-6-5-7-11(8-10)20(18,19)16(3)4;/h5-9,12H,14H2,1-4H3,(H,15,17);1H. The van der Waals surface area contributed by atoms with E-state index < -0.39 is 16.1 Å². The number of carbonyl (C=O) groups excluding carboxylic acids is 1. The number of sulfonamides is 1. The summed E-state index contributed by atoms with van der Waals surface area (Å²) in [5, 5.41) is 2.63. The topological polar surface area (TPSA) is 92.5 Å². The highest BCUT2D eigenvalue weighted by Crippen LogP contribution is 2.18. The summed E-state index contributed by atoms with van der Waals surface area (Å²) in [4.78, 5) is 12.0. The second kappa shape index (κ2) is 7.74. The van der Waals surface area contributed by atoms with Crippen molar-refractivity contribution < 1.29 is 13.2 Å². The number of anilines is 1. The number of nitrogens with zero attached hydrogens (tertiary/aromatic N) is 1. The van der Waals surface area contributed by atoms with Gasteiger partial charge in [-0.15, -0.1) is 12.4 Å². The molecule has 0 aromatic heterocycles. The first-order valence-electron chi connectivity index (χ1n) is 6.25. The second-order valence-electron chi connectivity index (χ2n) is 5.07. The van der Waals surface area contributed by atoms with Crippen molar-refractivity contribution >= 4 is 34.0 Å². The molecule has 0 bridgehead atoms. The van der Waals surface area contributed by atoms with Crippen LogP contribution in [0, 0.1) is 5.92 Å². The van der Waals surface area contributed by atoms with Gasteiger partial charge in [0.05, 0.1) is 10.9 Å². The SMILES string of the molecule is CC(C)C(N)C(=O)Nc1cccc(S(=O)(=O)N(C)C)c1.Cl. The van der Waals surface area contributed by atoms with E-state index in [1.165, 1.54) is 26.2 Å². The van der Waals surface area contributed by atoms with Crippen molar-refractivity contribution in [3.05, 3.63) is 24.3 Å². The molecule has 0 saturated heterocycles. The molecule has 21 heavy (non-hydrogen) atoms. The van der Waals surface area contributed by atoms with E-state index in [2.05, 4.69) is 5.32 Å². The lowest BCUT2D eigenvalue weighted by Gasteiger charge is -2.16. The number of benzene rings is 1. The Morgan fingerprint density at radius 1 is 1.29 bits per heavy atom. The van der Waals surface area contributed by atoms with Crippen molar-refractivity contribution in [1.29, 1.82) is 0 Å². The molecule has 1 aromatic rings. The van der Waals surface area contributed by atoms with E-state index >= 15 is 0 Å². The van der Waals surface area contributed by atoms with E-state index in [9.17, 15) is 13.2 Å². The highest BCUT2D eigenvalue weighted by Gasteiger charge is 2.20. The van der Waals surface area contributed by atoms with Gasteiger partial charge in [0.25, 0.3) is 0 Å². The minimum atomic E-state index is -3.52. The number of halogens is 1. The summed E-state index contributed by atoms with van der Waals surface area (Å²) in [5.41, 5.74) is 6.15. The van der Waals surface area contributed by atoms with Crippen LogP contribution in [0.2, 0.25) is 0 Å². The largest absolute Gasteiger partial charge is 0.325 e. The summed E-state index contributed by atoms with van der Waals surface area (Å²) < 4.78 is 25.1. The molecular weight excluding hydrogens is 314 g/mol. The molecule has 0 aliphatic carbocycles. The number of nitrogens with one attached hydrogen (secondary N) is 1. The van der Waals surface area contributed by atoms with Crippen molar-refractivity contribution in [3.63, 3.8) is 0 Å². The molecule has 0 fully saturated rings. The van der Waals surface area contributed by atoms with E-state index in [-0.39, 0.29) is 29.1 Å². The maximum Gasteiger partial charge on any atom is 0.242 e. The monoisotopic (exact) mass is 335 g/mol. The Bertz CT molecular complexity index is 588. The van der Waals surface area contributed by atoms with E-state index in [1.807, 2.05) is 13.8 Å². The lowest BCUT2D eigenvalue weighted by atomic mass is 10.1. The molecule has 0 radical (unpaired) electrons. The Morgan fingerprint density at radius 3 is 2.33 bits per heavy atom. The van der Waals surface area contributed by atoms with Gasteiger partial charge in [-0.3, -0.25) is 4.79 Å². The first kappa shape index (κ1) is 19.9. The average molecular weight is 336 g/mol. The molecule has 1 aromatic carbocycles. The second-order valence-corrected chi connectivity index (χ2v) is 7.23. The molecule has 120 valence electrons. The van der Waals surface area contributed by atoms with Crippen LogP contribution < -0.4 is 11.1 Å². The van der Waals surface area contributed by atoms with Gasteiger partial charge >= 0.3 is 0 Å². The summed E-state index contributed by atoms with van der Waals surface area (Å²) in [6.07, 6.45) is 0. The van der Waals surface area contributed by atoms with Gasteiger partial charge in [-0.25, -0.2) is 12.7 Å². The highest BCUT2D eigenvalue weighted by molar-refractivity contribution is 7.89. The van der Waals surface area contributed by atoms with Gasteiger partial charge in [0.15, 0.2) is 0 Å². The maximum atomic E-state index is 12.0. The lowest BCUT2D eigenvalue weighted by molar-refractivity contribution is -0.118. The van der Waals surface area contributed by atoms with Crippen molar-refractivity contribution in [2.75, 3.05) is 19.4 Å². The van der Waals surface area contributed by atoms with Gasteiger partial charge in [-0.05, 0) is 24.1 Å². The third-order valence-corrected chi connectivity index (χ3v) is 4.71. The van der Waals surface area contributed by atoms with Crippen LogP contribution in [0.3, 0.4) is 0 Å². The van der Waals surface area contributed by atoms with E-state index in [1.54, 1.807) is 12.1 Å². The highest BCUT2D eigenvalue weighted by atomic mass is 35.5. The van der Waals surface area contributed by atoms with Gasteiger partial charge in [-0.2, -0.15) is 0 Å². The maximum absolute atomic E-state index is 12.0. The molecule has 0 aliphatic rings. The zero-order chi connectivity index (χ0) is 15.5. The fourth-order valence-corrected chi connectivity index (χ4v) is 2.42. The van der Waals surface area contributed by atoms with Crippen LogP contribution in [-0.2, 0) is 14.8 Å². The summed E-state index contributed by atoms with van der Waals surface area (Å²) in [7, 11) is -0.614. The molecule has 0 heterocycles. The van der Waals surface area contributed by atoms with Crippen LogP contribution in [0.1, 0.15) is 13.8 Å².